The molecule has 4 rings (SSSR count). The highest BCUT2D eigenvalue weighted by Gasteiger charge is 2.41. The summed E-state index contributed by atoms with van der Waals surface area (Å²) in [5.74, 6) is -3.36. The Morgan fingerprint density at radius 2 is 1.32 bits per heavy atom. The number of alkyl carbamates (subject to hydrolysis) is 1. The van der Waals surface area contributed by atoms with Gasteiger partial charge in [-0.3, -0.25) is 23.7 Å². The van der Waals surface area contributed by atoms with Gasteiger partial charge in [0.1, 0.15) is 18.4 Å². The van der Waals surface area contributed by atoms with Crippen LogP contribution in [0.15, 0.2) is 116 Å². The normalized spacial score (nSPS) is 13.7. The standard InChI is InChI=1S/C39H45N4O9P/c1-29(42-39(47)51-28-33-17-10-5-11-18-33)37(45)41-27-35(44)43-36(26-32-15-8-4-9-16-32)53(48,49-2)52-34(25-31-13-6-3-7-14-31)38(46)50-24-12-19-30-20-22-40-23-21-30/h3-11,13-18,20-23,29,34,36H,12,19,24-28H2,1-2H3,(H,41,45)(H,42,47)(H,43,44)/t29-,34-,36+,53?/m0/s1. The highest BCUT2D eigenvalue weighted by atomic mass is 31.2. The molecule has 0 fully saturated rings. The first kappa shape index (κ1) is 40.4. The third-order valence-electron chi connectivity index (χ3n) is 8.00. The molecule has 3 aromatic carbocycles. The molecule has 0 saturated carbocycles. The third-order valence-corrected chi connectivity index (χ3v) is 10.1. The van der Waals surface area contributed by atoms with E-state index in [1.807, 2.05) is 42.5 Å². The summed E-state index contributed by atoms with van der Waals surface area (Å²) in [5, 5.41) is 7.56. The predicted molar refractivity (Wildman–Crippen MR) is 197 cm³/mol. The number of hydrogen-bond acceptors (Lipinski definition) is 10. The van der Waals surface area contributed by atoms with Crippen molar-refractivity contribution in [2.45, 2.75) is 57.1 Å². The number of aromatic nitrogens is 1. The molecule has 0 aliphatic carbocycles. The molecule has 0 radical (unpaired) electrons. The highest BCUT2D eigenvalue weighted by Crippen LogP contribution is 2.53. The molecular formula is C39H45N4O9P. The zero-order valence-corrected chi connectivity index (χ0v) is 30.6. The first-order chi connectivity index (χ1) is 25.6. The van der Waals surface area contributed by atoms with Crippen LogP contribution in [0, 0.1) is 0 Å². The van der Waals surface area contributed by atoms with Crippen molar-refractivity contribution >= 4 is 31.5 Å². The second kappa shape index (κ2) is 21.2. The molecule has 53 heavy (non-hydrogen) atoms. The predicted octanol–water partition coefficient (Wildman–Crippen LogP) is 5.14. The van der Waals surface area contributed by atoms with Crippen LogP contribution in [0.2, 0.25) is 0 Å². The maximum absolute atomic E-state index is 14.6. The van der Waals surface area contributed by atoms with Crippen LogP contribution in [-0.4, -0.2) is 67.1 Å². The fraction of sp³-hybridized carbons (Fsp3) is 0.308. The van der Waals surface area contributed by atoms with Crippen molar-refractivity contribution in [3.8, 4) is 0 Å². The molecule has 14 heteroatoms. The van der Waals surface area contributed by atoms with Gasteiger partial charge in [-0.25, -0.2) is 9.59 Å². The Bertz CT molecular complexity index is 1780. The van der Waals surface area contributed by atoms with E-state index in [1.54, 1.807) is 73.1 Å². The summed E-state index contributed by atoms with van der Waals surface area (Å²) in [7, 11) is -3.13. The minimum Gasteiger partial charge on any atom is -0.464 e. The number of amides is 3. The molecule has 1 aromatic heterocycles. The quantitative estimate of drug-likeness (QED) is 0.0626. The van der Waals surface area contributed by atoms with E-state index in [0.29, 0.717) is 18.4 Å². The van der Waals surface area contributed by atoms with Gasteiger partial charge in [-0.2, -0.15) is 0 Å². The lowest BCUT2D eigenvalue weighted by atomic mass is 10.1. The summed E-state index contributed by atoms with van der Waals surface area (Å²) >= 11 is 0. The van der Waals surface area contributed by atoms with Crippen LogP contribution in [0.3, 0.4) is 0 Å². The average molecular weight is 745 g/mol. The molecule has 0 aliphatic heterocycles. The zero-order valence-electron chi connectivity index (χ0n) is 29.7. The summed E-state index contributed by atoms with van der Waals surface area (Å²) in [4.78, 5) is 55.7. The van der Waals surface area contributed by atoms with Crippen LogP contribution in [-0.2, 0) is 63.3 Å². The van der Waals surface area contributed by atoms with Crippen LogP contribution >= 0.6 is 7.60 Å². The van der Waals surface area contributed by atoms with Crippen LogP contribution in [0.4, 0.5) is 4.79 Å². The van der Waals surface area contributed by atoms with Crippen LogP contribution in [0.25, 0.3) is 0 Å². The van der Waals surface area contributed by atoms with Crippen LogP contribution in [0.1, 0.15) is 35.6 Å². The molecular weight excluding hydrogens is 699 g/mol. The van der Waals surface area contributed by atoms with Crippen molar-refractivity contribution in [2.24, 2.45) is 0 Å². The lowest BCUT2D eigenvalue weighted by Crippen LogP contribution is -2.49. The van der Waals surface area contributed by atoms with Crippen molar-refractivity contribution in [1.29, 1.82) is 0 Å². The molecule has 280 valence electrons. The molecule has 13 nitrogen and oxygen atoms in total. The van der Waals surface area contributed by atoms with E-state index < -0.39 is 55.9 Å². The second-order valence-corrected chi connectivity index (χ2v) is 14.3. The van der Waals surface area contributed by atoms with Gasteiger partial charge < -0.3 is 29.9 Å². The minimum absolute atomic E-state index is 0.00982. The summed E-state index contributed by atoms with van der Waals surface area (Å²) < 4.78 is 36.9. The van der Waals surface area contributed by atoms with Crippen molar-refractivity contribution in [1.82, 2.24) is 20.9 Å². The molecule has 1 heterocycles. The SMILES string of the molecule is COP(=O)(O[C@@H](Cc1ccccc1)C(=O)OCCCc1ccncc1)[C@H](Cc1ccccc1)NC(=O)CNC(=O)[C@H](C)NC(=O)OCc1ccccc1. The zero-order chi connectivity index (χ0) is 37.9. The molecule has 3 amide bonds. The van der Waals surface area contributed by atoms with Gasteiger partial charge in [0, 0.05) is 32.3 Å². The Morgan fingerprint density at radius 3 is 1.92 bits per heavy atom. The number of nitrogens with one attached hydrogen (secondary N) is 3. The van der Waals surface area contributed by atoms with Crippen molar-refractivity contribution < 1.29 is 42.3 Å². The second-order valence-electron chi connectivity index (χ2n) is 12.1. The van der Waals surface area contributed by atoms with Gasteiger partial charge in [0.15, 0.2) is 6.10 Å². The molecule has 0 spiro atoms. The first-order valence-corrected chi connectivity index (χ1v) is 18.8. The van der Waals surface area contributed by atoms with E-state index in [2.05, 4.69) is 20.9 Å². The highest BCUT2D eigenvalue weighted by molar-refractivity contribution is 7.54. The molecule has 4 aromatic rings. The maximum Gasteiger partial charge on any atom is 0.408 e. The first-order valence-electron chi connectivity index (χ1n) is 17.2. The third kappa shape index (κ3) is 13.9. The number of benzene rings is 3. The summed E-state index contributed by atoms with van der Waals surface area (Å²) in [6.07, 6.45) is 2.47. The van der Waals surface area contributed by atoms with Gasteiger partial charge >= 0.3 is 19.7 Å². The molecule has 0 saturated heterocycles. The van der Waals surface area contributed by atoms with E-state index in [1.165, 1.54) is 14.0 Å². The van der Waals surface area contributed by atoms with Gasteiger partial charge in [0.25, 0.3) is 0 Å². The minimum atomic E-state index is -4.31. The molecule has 0 aliphatic rings. The van der Waals surface area contributed by atoms with E-state index >= 15 is 0 Å². The Balaban J connectivity index is 1.41. The van der Waals surface area contributed by atoms with Gasteiger partial charge in [0.05, 0.1) is 13.2 Å². The number of ether oxygens (including phenoxy) is 2. The number of hydrogen-bond donors (Lipinski definition) is 3. The van der Waals surface area contributed by atoms with Crippen molar-refractivity contribution in [3.05, 3.63) is 138 Å². The fourth-order valence-corrected chi connectivity index (χ4v) is 6.89. The summed E-state index contributed by atoms with van der Waals surface area (Å²) in [5.41, 5.74) is 3.25. The Kier molecular flexibility index (Phi) is 16.2. The molecule has 1 unspecified atom stereocenters. The van der Waals surface area contributed by atoms with Crippen molar-refractivity contribution in [3.63, 3.8) is 0 Å². The molecule has 4 atom stereocenters. The number of aryl methyl sites for hydroxylation is 1. The Morgan fingerprint density at radius 1 is 0.736 bits per heavy atom. The largest absolute Gasteiger partial charge is 0.464 e. The topological polar surface area (TPSA) is 171 Å². The van der Waals surface area contributed by atoms with E-state index in [0.717, 1.165) is 16.7 Å². The number of nitrogens with zero attached hydrogens (tertiary/aromatic N) is 1. The van der Waals surface area contributed by atoms with Gasteiger partial charge in [-0.05, 0) is 54.2 Å². The smallest absolute Gasteiger partial charge is 0.408 e. The number of carbonyl (C=O) groups excluding carboxylic acids is 4. The average Bonchev–Trinajstić information content (AvgIpc) is 3.18. The van der Waals surface area contributed by atoms with Crippen LogP contribution < -0.4 is 16.0 Å². The van der Waals surface area contributed by atoms with Gasteiger partial charge in [-0.15, -0.1) is 0 Å². The van der Waals surface area contributed by atoms with Crippen molar-refractivity contribution in [2.75, 3.05) is 20.3 Å². The number of esters is 1. The maximum atomic E-state index is 14.6. The van der Waals surface area contributed by atoms with E-state index in [4.69, 9.17) is 18.5 Å². The van der Waals surface area contributed by atoms with Crippen LogP contribution in [0.5, 0.6) is 0 Å². The fourth-order valence-electron chi connectivity index (χ4n) is 5.15. The number of carbonyl (C=O) groups is 4. The van der Waals surface area contributed by atoms with Gasteiger partial charge in [-0.1, -0.05) is 91.0 Å². The number of pyridine rings is 1. The lowest BCUT2D eigenvalue weighted by Gasteiger charge is -2.29. The summed E-state index contributed by atoms with van der Waals surface area (Å²) in [6.45, 7) is 1.03. The van der Waals surface area contributed by atoms with Gasteiger partial charge in [0.2, 0.25) is 11.8 Å². The Hall–Kier alpha value is -5.36. The number of rotatable bonds is 20. The summed E-state index contributed by atoms with van der Waals surface area (Å²) in [6, 6.07) is 29.8. The monoisotopic (exact) mass is 744 g/mol. The Labute approximate surface area is 309 Å². The molecule has 0 bridgehead atoms. The van der Waals surface area contributed by atoms with E-state index in [-0.39, 0.29) is 26.1 Å². The van der Waals surface area contributed by atoms with E-state index in [9.17, 15) is 23.7 Å². The molecule has 3 N–H and O–H groups in total. The lowest BCUT2D eigenvalue weighted by molar-refractivity contribution is -0.152.